The Labute approximate surface area is 111 Å². The molecule has 3 nitrogen and oxygen atoms in total. The van der Waals surface area contributed by atoms with E-state index < -0.39 is 0 Å². The molecule has 1 aromatic rings. The molecule has 1 fully saturated rings. The van der Waals surface area contributed by atoms with Crippen molar-refractivity contribution in [2.24, 2.45) is 17.6 Å². The van der Waals surface area contributed by atoms with Gasteiger partial charge in [0.2, 0.25) is 0 Å². The first-order valence-corrected chi connectivity index (χ1v) is 7.46. The molecule has 2 rings (SSSR count). The first-order chi connectivity index (χ1) is 8.65. The Bertz CT molecular complexity index is 383. The summed E-state index contributed by atoms with van der Waals surface area (Å²) < 4.78 is 2.12. The molecule has 102 valence electrons. The van der Waals surface area contributed by atoms with Crippen molar-refractivity contribution in [3.05, 3.63) is 17.5 Å². The summed E-state index contributed by atoms with van der Waals surface area (Å²) in [7, 11) is 0. The third-order valence-corrected chi connectivity index (χ3v) is 4.50. The third-order valence-electron chi connectivity index (χ3n) is 4.50. The molecule has 2 N–H and O–H groups in total. The summed E-state index contributed by atoms with van der Waals surface area (Å²) in [6, 6.07) is 2.54. The van der Waals surface area contributed by atoms with E-state index in [1.165, 1.54) is 30.7 Å². The van der Waals surface area contributed by atoms with Gasteiger partial charge in [0.1, 0.15) is 0 Å². The summed E-state index contributed by atoms with van der Waals surface area (Å²) in [4.78, 5) is 0. The highest BCUT2D eigenvalue weighted by atomic mass is 15.3. The van der Waals surface area contributed by atoms with Gasteiger partial charge >= 0.3 is 0 Å². The predicted octanol–water partition coefficient (Wildman–Crippen LogP) is 2.77. The van der Waals surface area contributed by atoms with E-state index in [1.54, 1.807) is 0 Å². The molecule has 3 atom stereocenters. The molecular formula is C15H27N3. The summed E-state index contributed by atoms with van der Waals surface area (Å²) in [5.41, 5.74) is 8.95. The van der Waals surface area contributed by atoms with Crippen LogP contribution >= 0.6 is 0 Å². The van der Waals surface area contributed by atoms with Crippen LogP contribution in [0.3, 0.4) is 0 Å². The molecule has 3 unspecified atom stereocenters. The van der Waals surface area contributed by atoms with Crippen molar-refractivity contribution in [2.75, 3.05) is 0 Å². The van der Waals surface area contributed by atoms with Crippen LogP contribution in [0.4, 0.5) is 0 Å². The van der Waals surface area contributed by atoms with Crippen molar-refractivity contribution in [1.82, 2.24) is 9.78 Å². The van der Waals surface area contributed by atoms with Gasteiger partial charge < -0.3 is 5.73 Å². The molecule has 0 amide bonds. The van der Waals surface area contributed by atoms with Gasteiger partial charge in [-0.25, -0.2) is 0 Å². The van der Waals surface area contributed by atoms with Gasteiger partial charge in [-0.2, -0.15) is 5.10 Å². The molecule has 0 radical (unpaired) electrons. The van der Waals surface area contributed by atoms with E-state index in [9.17, 15) is 0 Å². The highest BCUT2D eigenvalue weighted by Gasteiger charge is 2.29. The lowest BCUT2D eigenvalue weighted by Crippen LogP contribution is -2.34. The molecule has 1 aliphatic rings. The molecule has 1 aromatic heterocycles. The van der Waals surface area contributed by atoms with E-state index in [0.29, 0.717) is 12.0 Å². The lowest BCUT2D eigenvalue weighted by molar-refractivity contribution is 0.338. The number of nitrogens with two attached hydrogens (primary N) is 1. The second-order valence-corrected chi connectivity index (χ2v) is 5.74. The normalized spacial score (nSPS) is 25.6. The van der Waals surface area contributed by atoms with Crippen molar-refractivity contribution in [3.8, 4) is 0 Å². The maximum Gasteiger partial charge on any atom is 0.0624 e. The molecule has 1 aliphatic carbocycles. The van der Waals surface area contributed by atoms with Gasteiger partial charge in [0.25, 0.3) is 0 Å². The zero-order valence-electron chi connectivity index (χ0n) is 12.0. The summed E-state index contributed by atoms with van der Waals surface area (Å²) >= 11 is 0. The van der Waals surface area contributed by atoms with E-state index in [4.69, 9.17) is 5.73 Å². The van der Waals surface area contributed by atoms with Crippen LogP contribution in [0.1, 0.15) is 51.4 Å². The first-order valence-electron chi connectivity index (χ1n) is 7.46. The smallest absolute Gasteiger partial charge is 0.0624 e. The van der Waals surface area contributed by atoms with Crippen LogP contribution in [0.15, 0.2) is 6.07 Å². The van der Waals surface area contributed by atoms with Crippen molar-refractivity contribution >= 4 is 0 Å². The van der Waals surface area contributed by atoms with Gasteiger partial charge in [-0.05, 0) is 37.7 Å². The minimum absolute atomic E-state index is 0.300. The van der Waals surface area contributed by atoms with E-state index in [1.807, 2.05) is 0 Å². The van der Waals surface area contributed by atoms with Gasteiger partial charge in [0, 0.05) is 24.7 Å². The number of aromatic nitrogens is 2. The minimum atomic E-state index is 0.300. The summed E-state index contributed by atoms with van der Waals surface area (Å²) in [5, 5.41) is 4.61. The zero-order chi connectivity index (χ0) is 13.1. The second kappa shape index (κ2) is 5.87. The summed E-state index contributed by atoms with van der Waals surface area (Å²) in [6.07, 6.45) is 6.01. The Morgan fingerprint density at radius 3 is 2.78 bits per heavy atom. The van der Waals surface area contributed by atoms with Crippen LogP contribution in [0.25, 0.3) is 0 Å². The van der Waals surface area contributed by atoms with E-state index in [-0.39, 0.29) is 0 Å². The van der Waals surface area contributed by atoms with Gasteiger partial charge in [-0.15, -0.1) is 0 Å². The molecule has 3 heteroatoms. The predicted molar refractivity (Wildman–Crippen MR) is 75.5 cm³/mol. The summed E-state index contributed by atoms with van der Waals surface area (Å²) in [6.45, 7) is 7.61. The molecule has 0 bridgehead atoms. The molecule has 0 saturated heterocycles. The maximum absolute atomic E-state index is 6.43. The standard InChI is InChI=1S/C15H27N3/c1-4-12-9-13(18(5-2)17-12)10-15(16)14-8-6-7-11(14)3/h9,11,14-15H,4-8,10,16H2,1-3H3. The van der Waals surface area contributed by atoms with Crippen LogP contribution < -0.4 is 5.73 Å². The van der Waals surface area contributed by atoms with Crippen molar-refractivity contribution in [3.63, 3.8) is 0 Å². The van der Waals surface area contributed by atoms with Crippen LogP contribution in [-0.4, -0.2) is 15.8 Å². The number of rotatable bonds is 5. The fourth-order valence-electron chi connectivity index (χ4n) is 3.33. The van der Waals surface area contributed by atoms with Gasteiger partial charge in [-0.3, -0.25) is 4.68 Å². The monoisotopic (exact) mass is 249 g/mol. The lowest BCUT2D eigenvalue weighted by atomic mass is 9.88. The first kappa shape index (κ1) is 13.6. The number of aryl methyl sites for hydroxylation is 2. The van der Waals surface area contributed by atoms with Crippen LogP contribution in [0.2, 0.25) is 0 Å². The van der Waals surface area contributed by atoms with E-state index in [2.05, 4.69) is 36.6 Å². The van der Waals surface area contributed by atoms with Crippen molar-refractivity contribution < 1.29 is 0 Å². The minimum Gasteiger partial charge on any atom is -0.327 e. The molecule has 1 heterocycles. The Hall–Kier alpha value is -0.830. The number of hydrogen-bond donors (Lipinski definition) is 1. The van der Waals surface area contributed by atoms with E-state index >= 15 is 0 Å². The molecule has 0 spiro atoms. The highest BCUT2D eigenvalue weighted by molar-refractivity contribution is 5.12. The molecule has 0 aliphatic heterocycles. The summed E-state index contributed by atoms with van der Waals surface area (Å²) in [5.74, 6) is 1.50. The molecule has 18 heavy (non-hydrogen) atoms. The number of hydrogen-bond acceptors (Lipinski definition) is 2. The largest absolute Gasteiger partial charge is 0.327 e. The van der Waals surface area contributed by atoms with Gasteiger partial charge in [-0.1, -0.05) is 26.7 Å². The average molecular weight is 249 g/mol. The van der Waals surface area contributed by atoms with Gasteiger partial charge in [0.05, 0.1) is 5.69 Å². The Kier molecular flexibility index (Phi) is 4.44. The lowest BCUT2D eigenvalue weighted by Gasteiger charge is -2.23. The number of nitrogens with zero attached hydrogens (tertiary/aromatic N) is 2. The maximum atomic E-state index is 6.43. The molecular weight excluding hydrogens is 222 g/mol. The Morgan fingerprint density at radius 2 is 2.22 bits per heavy atom. The fraction of sp³-hybridized carbons (Fsp3) is 0.800. The second-order valence-electron chi connectivity index (χ2n) is 5.74. The average Bonchev–Trinajstić information content (AvgIpc) is 2.95. The van der Waals surface area contributed by atoms with Crippen molar-refractivity contribution in [1.29, 1.82) is 0 Å². The zero-order valence-corrected chi connectivity index (χ0v) is 12.0. The topological polar surface area (TPSA) is 43.8 Å². The Balaban J connectivity index is 2.05. The molecule has 0 aromatic carbocycles. The fourth-order valence-corrected chi connectivity index (χ4v) is 3.33. The van der Waals surface area contributed by atoms with Gasteiger partial charge in [0.15, 0.2) is 0 Å². The molecule has 1 saturated carbocycles. The highest BCUT2D eigenvalue weighted by Crippen LogP contribution is 2.33. The van der Waals surface area contributed by atoms with Crippen LogP contribution in [-0.2, 0) is 19.4 Å². The van der Waals surface area contributed by atoms with E-state index in [0.717, 1.165) is 25.3 Å². The van der Waals surface area contributed by atoms with Crippen molar-refractivity contribution in [2.45, 2.75) is 65.5 Å². The van der Waals surface area contributed by atoms with Crippen LogP contribution in [0.5, 0.6) is 0 Å². The van der Waals surface area contributed by atoms with Crippen LogP contribution in [0, 0.1) is 11.8 Å². The quantitative estimate of drug-likeness (QED) is 0.872. The Morgan fingerprint density at radius 1 is 1.44 bits per heavy atom. The SMILES string of the molecule is CCc1cc(CC(N)C2CCCC2C)n(CC)n1. The third kappa shape index (κ3) is 2.77.